The van der Waals surface area contributed by atoms with E-state index in [0.29, 0.717) is 19.1 Å². The van der Waals surface area contributed by atoms with Crippen molar-refractivity contribution in [2.45, 2.75) is 61.5 Å². The first-order chi connectivity index (χ1) is 19.4. The molecule has 0 aromatic heterocycles. The maximum Gasteiger partial charge on any atom is 0.340 e. The van der Waals surface area contributed by atoms with Crippen LogP contribution < -0.4 is 4.74 Å². The monoisotopic (exact) mass is 808 g/mol. The van der Waals surface area contributed by atoms with Crippen LogP contribution in [0.4, 0.5) is 0 Å². The van der Waals surface area contributed by atoms with Crippen molar-refractivity contribution in [2.24, 2.45) is 23.7 Å². The van der Waals surface area contributed by atoms with Gasteiger partial charge in [-0.3, -0.25) is 14.1 Å². The summed E-state index contributed by atoms with van der Waals surface area (Å²) in [6.45, 7) is 0. The van der Waals surface area contributed by atoms with E-state index >= 15 is 0 Å². The van der Waals surface area contributed by atoms with E-state index in [9.17, 15) is 32.5 Å². The number of halogens is 2. The van der Waals surface area contributed by atoms with Crippen molar-refractivity contribution in [3.05, 3.63) is 48.6 Å². The lowest BCUT2D eigenvalue weighted by Gasteiger charge is -2.30. The smallest absolute Gasteiger partial charge is 0.340 e. The third-order valence-corrected chi connectivity index (χ3v) is 11.4. The molecule has 0 amide bonds. The summed E-state index contributed by atoms with van der Waals surface area (Å²) in [7, 11) is -4.48. The number of aromatic hydroxyl groups is 1. The highest BCUT2D eigenvalue weighted by Crippen LogP contribution is 2.59. The molecule has 2 N–H and O–H groups in total. The van der Waals surface area contributed by atoms with Crippen molar-refractivity contribution in [3.8, 4) is 11.5 Å². The second-order valence-corrected chi connectivity index (χ2v) is 14.8. The van der Waals surface area contributed by atoms with E-state index in [1.54, 1.807) is 0 Å². The molecular weight excluding hydrogens is 782 g/mol. The number of phenols is 1. The van der Waals surface area contributed by atoms with Gasteiger partial charge in [0.1, 0.15) is 23.7 Å². The zero-order valence-electron chi connectivity index (χ0n) is 21.5. The second-order valence-electron chi connectivity index (χ2n) is 11.1. The molecule has 6 unspecified atom stereocenters. The summed E-state index contributed by atoms with van der Waals surface area (Å²) in [5, 5.41) is 9.84. The number of rotatable bonds is 6. The van der Waals surface area contributed by atoms with Crippen LogP contribution in [0.25, 0.3) is 0 Å². The zero-order chi connectivity index (χ0) is 29.2. The Kier molecular flexibility index (Phi) is 7.77. The number of ether oxygens (including phenoxy) is 3. The molecule has 3 saturated carbocycles. The first kappa shape index (κ1) is 29.1. The van der Waals surface area contributed by atoms with Gasteiger partial charge in [-0.15, -0.1) is 0 Å². The van der Waals surface area contributed by atoms with Crippen LogP contribution in [0.2, 0.25) is 0 Å². The average Bonchev–Trinajstić information content (AvgIpc) is 3.52. The fourth-order valence-electron chi connectivity index (χ4n) is 7.15. The van der Waals surface area contributed by atoms with Gasteiger partial charge in [0.05, 0.1) is 22.3 Å². The number of hydrogen-bond acceptors (Lipinski definition) is 9. The van der Waals surface area contributed by atoms with Gasteiger partial charge in [-0.05, 0) is 106 Å². The Bertz CT molecular complexity index is 1530. The van der Waals surface area contributed by atoms with E-state index < -0.39 is 58.0 Å². The molecule has 0 radical (unpaired) electrons. The van der Waals surface area contributed by atoms with Crippen LogP contribution in [0.3, 0.4) is 0 Å². The van der Waals surface area contributed by atoms with E-state index in [2.05, 4.69) is 0 Å². The lowest BCUT2D eigenvalue weighted by Crippen LogP contribution is -2.44. The minimum Gasteiger partial charge on any atom is -0.508 e. The van der Waals surface area contributed by atoms with E-state index in [-0.39, 0.29) is 33.8 Å². The minimum absolute atomic E-state index is 0.0157. The quantitative estimate of drug-likeness (QED) is 0.180. The summed E-state index contributed by atoms with van der Waals surface area (Å²) in [5.74, 6) is -4.21. The summed E-state index contributed by atoms with van der Waals surface area (Å²) < 4.78 is 52.2. The van der Waals surface area contributed by atoms with Gasteiger partial charge in [-0.25, -0.2) is 4.79 Å². The molecule has 0 spiro atoms. The van der Waals surface area contributed by atoms with Crippen LogP contribution in [0.5, 0.6) is 11.5 Å². The molecule has 4 fully saturated rings. The molecule has 41 heavy (non-hydrogen) atoms. The molecule has 2 aromatic carbocycles. The van der Waals surface area contributed by atoms with Gasteiger partial charge in [0.15, 0.2) is 0 Å². The third kappa shape index (κ3) is 5.24. The van der Waals surface area contributed by atoms with Crippen LogP contribution in [-0.2, 0) is 29.2 Å². The van der Waals surface area contributed by atoms with Gasteiger partial charge >= 0.3 is 17.9 Å². The van der Waals surface area contributed by atoms with Crippen molar-refractivity contribution in [2.75, 3.05) is 0 Å². The Balaban J connectivity index is 1.26. The summed E-state index contributed by atoms with van der Waals surface area (Å²) in [6, 6.07) is 6.95. The summed E-state index contributed by atoms with van der Waals surface area (Å²) in [6.07, 6.45) is 3.39. The summed E-state index contributed by atoms with van der Waals surface area (Å²) >= 11 is 3.87. The Morgan fingerprint density at radius 2 is 1.68 bits per heavy atom. The van der Waals surface area contributed by atoms with E-state index in [4.69, 9.17) is 14.2 Å². The Morgan fingerprint density at radius 3 is 2.34 bits per heavy atom. The molecule has 6 rings (SSSR count). The van der Waals surface area contributed by atoms with Crippen LogP contribution in [-0.4, -0.2) is 48.2 Å². The molecule has 1 aliphatic heterocycles. The first-order valence-electron chi connectivity index (χ1n) is 13.4. The molecule has 2 aromatic rings. The molecule has 4 aliphatic rings. The predicted molar refractivity (Wildman–Crippen MR) is 159 cm³/mol. The third-order valence-electron chi connectivity index (χ3n) is 8.81. The number of carbonyl (C=O) groups is 3. The highest BCUT2D eigenvalue weighted by atomic mass is 127. The van der Waals surface area contributed by atoms with Gasteiger partial charge in [0, 0.05) is 19.0 Å². The number of fused-ring (bicyclic) bond motifs is 1. The maximum absolute atomic E-state index is 13.6. The Labute approximate surface area is 263 Å². The highest BCUT2D eigenvalue weighted by Gasteiger charge is 2.70. The van der Waals surface area contributed by atoms with Gasteiger partial charge in [-0.1, -0.05) is 19.3 Å². The molecule has 1 heterocycles. The molecule has 2 bridgehead atoms. The highest BCUT2D eigenvalue weighted by molar-refractivity contribution is 14.1. The largest absolute Gasteiger partial charge is 0.508 e. The van der Waals surface area contributed by atoms with Crippen molar-refractivity contribution in [3.63, 3.8) is 0 Å². The van der Waals surface area contributed by atoms with Crippen LogP contribution >= 0.6 is 45.2 Å². The topological polar surface area (TPSA) is 153 Å². The first-order valence-corrected chi connectivity index (χ1v) is 17.0. The molecular formula is C28H26I2O10S. The van der Waals surface area contributed by atoms with Gasteiger partial charge in [0.2, 0.25) is 0 Å². The maximum atomic E-state index is 13.6. The van der Waals surface area contributed by atoms with Crippen LogP contribution in [0.15, 0.2) is 35.2 Å². The normalized spacial score (nSPS) is 28.9. The predicted octanol–water partition coefficient (Wildman–Crippen LogP) is 4.83. The Morgan fingerprint density at radius 1 is 1.00 bits per heavy atom. The number of hydrogen-bond donors (Lipinski definition) is 2. The molecule has 3 aliphatic carbocycles. The lowest BCUT2D eigenvalue weighted by atomic mass is 9.78. The molecule has 10 nitrogen and oxygen atoms in total. The van der Waals surface area contributed by atoms with Crippen LogP contribution in [0.1, 0.15) is 60.4 Å². The number of carbonyl (C=O) groups excluding carboxylic acids is 3. The lowest BCUT2D eigenvalue weighted by molar-refractivity contribution is -0.149. The molecule has 13 heteroatoms. The SMILES string of the molecule is O=C(OC1C2CC3C1OC(=O)C3C2C(=O)Oc1ccc(S(=O)(=O)O)c(C2CCCCC2)c1)c1c(I)cc(O)cc1I. The second kappa shape index (κ2) is 10.9. The number of phenolic OH excluding ortho intramolecular Hbond substituents is 1. The minimum atomic E-state index is -4.48. The van der Waals surface area contributed by atoms with Crippen molar-refractivity contribution in [1.29, 1.82) is 0 Å². The van der Waals surface area contributed by atoms with Gasteiger partial charge < -0.3 is 19.3 Å². The van der Waals surface area contributed by atoms with E-state index in [1.807, 2.05) is 45.2 Å². The molecule has 1 saturated heterocycles. The van der Waals surface area contributed by atoms with Crippen molar-refractivity contribution < 1.29 is 46.7 Å². The van der Waals surface area contributed by atoms with Crippen LogP contribution in [0, 0.1) is 30.8 Å². The van der Waals surface area contributed by atoms with Gasteiger partial charge in [0.25, 0.3) is 10.1 Å². The number of benzene rings is 2. The van der Waals surface area contributed by atoms with Gasteiger partial charge in [-0.2, -0.15) is 8.42 Å². The van der Waals surface area contributed by atoms with E-state index in [0.717, 1.165) is 32.1 Å². The fourth-order valence-corrected chi connectivity index (χ4v) is 10.1. The Hall–Kier alpha value is -1.98. The summed E-state index contributed by atoms with van der Waals surface area (Å²) in [4.78, 5) is 39.4. The standard InChI is InChI=1S/C28H26I2O10S/c29-18-8-13(31)9-19(30)23(18)28(34)40-25-16-11-17-22(27(33)39-24(17)25)21(16)26(32)38-14-6-7-20(41(35,36)37)15(10-14)12-4-2-1-3-5-12/h6-10,12,16-17,21-22,24-25,31H,1-5,11H2,(H,35,36,37). The fraction of sp³-hybridized carbons (Fsp3) is 0.464. The molecule has 218 valence electrons. The molecule has 6 atom stereocenters. The average molecular weight is 808 g/mol. The summed E-state index contributed by atoms with van der Waals surface area (Å²) in [5.41, 5.74) is 0.691. The number of esters is 3. The van der Waals surface area contributed by atoms with Crippen molar-refractivity contribution in [1.82, 2.24) is 0 Å². The zero-order valence-corrected chi connectivity index (χ0v) is 26.6. The van der Waals surface area contributed by atoms with Crippen molar-refractivity contribution >= 4 is 73.2 Å². The van der Waals surface area contributed by atoms with E-state index in [1.165, 1.54) is 30.3 Å².